The van der Waals surface area contributed by atoms with E-state index in [0.717, 1.165) is 36.4 Å². The smallest absolute Gasteiger partial charge is 0.317 e. The summed E-state index contributed by atoms with van der Waals surface area (Å²) < 4.78 is 6.04. The number of hydrogen-bond acceptors (Lipinski definition) is 2. The average Bonchev–Trinajstić information content (AvgIpc) is 2.45. The molecule has 1 aliphatic heterocycles. The molecule has 1 aromatic carbocycles. The molecule has 1 N–H and O–H groups in total. The van der Waals surface area contributed by atoms with Gasteiger partial charge in [0.15, 0.2) is 0 Å². The lowest BCUT2D eigenvalue weighted by Gasteiger charge is -2.50. The standard InChI is InChI=1S/C17H23ClN2O2/c1-13-11-20(12-17(22-13)7-3-8-17)16(21)19-9-6-14-4-2-5-15(18)10-14/h2,4-5,10,13H,3,6-9,11-12H2,1H3,(H,19,21). The lowest BCUT2D eigenvalue weighted by molar-refractivity contribution is -0.175. The van der Waals surface area contributed by atoms with E-state index in [2.05, 4.69) is 5.32 Å². The topological polar surface area (TPSA) is 41.6 Å². The number of morpholine rings is 1. The van der Waals surface area contributed by atoms with E-state index in [0.29, 0.717) is 13.1 Å². The normalized spacial score (nSPS) is 23.2. The van der Waals surface area contributed by atoms with E-state index in [4.69, 9.17) is 16.3 Å². The Morgan fingerprint density at radius 3 is 3.00 bits per heavy atom. The molecule has 5 heteroatoms. The second kappa shape index (κ2) is 6.47. The zero-order chi connectivity index (χ0) is 15.6. The van der Waals surface area contributed by atoms with Crippen molar-refractivity contribution in [3.8, 4) is 0 Å². The number of carbonyl (C=O) groups excluding carboxylic acids is 1. The number of benzene rings is 1. The average molecular weight is 323 g/mol. The molecule has 0 aromatic heterocycles. The van der Waals surface area contributed by atoms with Gasteiger partial charge in [0.1, 0.15) is 0 Å². The van der Waals surface area contributed by atoms with E-state index in [1.165, 1.54) is 6.42 Å². The molecule has 2 aliphatic rings. The van der Waals surface area contributed by atoms with Crippen molar-refractivity contribution in [1.29, 1.82) is 0 Å². The molecule has 1 spiro atoms. The van der Waals surface area contributed by atoms with Crippen molar-refractivity contribution in [3.05, 3.63) is 34.9 Å². The van der Waals surface area contributed by atoms with Crippen LogP contribution < -0.4 is 5.32 Å². The Bertz CT molecular complexity index is 545. The number of rotatable bonds is 3. The minimum absolute atomic E-state index is 0.0171. The van der Waals surface area contributed by atoms with Gasteiger partial charge in [-0.05, 0) is 50.3 Å². The molecule has 4 nitrogen and oxygen atoms in total. The highest BCUT2D eigenvalue weighted by Gasteiger charge is 2.45. The number of hydrogen-bond donors (Lipinski definition) is 1. The lowest BCUT2D eigenvalue weighted by Crippen LogP contribution is -2.61. The highest BCUT2D eigenvalue weighted by atomic mass is 35.5. The third kappa shape index (κ3) is 3.55. The van der Waals surface area contributed by atoms with Gasteiger partial charge in [0.2, 0.25) is 0 Å². The number of nitrogens with zero attached hydrogens (tertiary/aromatic N) is 1. The van der Waals surface area contributed by atoms with Crippen molar-refractivity contribution in [3.63, 3.8) is 0 Å². The number of halogens is 1. The van der Waals surface area contributed by atoms with Crippen LogP contribution in [0, 0.1) is 0 Å². The first-order valence-electron chi connectivity index (χ1n) is 8.01. The second-order valence-electron chi connectivity index (χ2n) is 6.46. The van der Waals surface area contributed by atoms with Crippen LogP contribution in [0.15, 0.2) is 24.3 Å². The van der Waals surface area contributed by atoms with Crippen LogP contribution in [-0.2, 0) is 11.2 Å². The Hall–Kier alpha value is -1.26. The summed E-state index contributed by atoms with van der Waals surface area (Å²) in [5.74, 6) is 0. The largest absolute Gasteiger partial charge is 0.368 e. The van der Waals surface area contributed by atoms with Gasteiger partial charge in [-0.2, -0.15) is 0 Å². The Labute approximate surface area is 136 Å². The van der Waals surface area contributed by atoms with E-state index < -0.39 is 0 Å². The van der Waals surface area contributed by atoms with Gasteiger partial charge < -0.3 is 15.0 Å². The molecule has 22 heavy (non-hydrogen) atoms. The first-order valence-corrected chi connectivity index (χ1v) is 8.39. The molecule has 2 fully saturated rings. The van der Waals surface area contributed by atoms with E-state index in [1.807, 2.05) is 36.1 Å². The fourth-order valence-electron chi connectivity index (χ4n) is 3.34. The monoisotopic (exact) mass is 322 g/mol. The zero-order valence-electron chi connectivity index (χ0n) is 13.0. The Balaban J connectivity index is 1.49. The molecule has 1 saturated carbocycles. The Morgan fingerprint density at radius 1 is 1.50 bits per heavy atom. The summed E-state index contributed by atoms with van der Waals surface area (Å²) in [6.07, 6.45) is 4.26. The number of urea groups is 1. The Morgan fingerprint density at radius 2 is 2.32 bits per heavy atom. The second-order valence-corrected chi connectivity index (χ2v) is 6.89. The summed E-state index contributed by atoms with van der Waals surface area (Å²) in [5, 5.41) is 3.75. The quantitative estimate of drug-likeness (QED) is 0.928. The molecular weight excluding hydrogens is 300 g/mol. The molecule has 120 valence electrons. The molecule has 0 radical (unpaired) electrons. The van der Waals surface area contributed by atoms with Crippen LogP contribution in [0.5, 0.6) is 0 Å². The van der Waals surface area contributed by atoms with Crippen molar-refractivity contribution in [2.24, 2.45) is 0 Å². The van der Waals surface area contributed by atoms with Gasteiger partial charge >= 0.3 is 6.03 Å². The third-order valence-corrected chi connectivity index (χ3v) is 4.77. The highest BCUT2D eigenvalue weighted by Crippen LogP contribution is 2.39. The molecule has 1 saturated heterocycles. The van der Waals surface area contributed by atoms with Crippen LogP contribution in [0.25, 0.3) is 0 Å². The van der Waals surface area contributed by atoms with E-state index in [9.17, 15) is 4.79 Å². The fraction of sp³-hybridized carbons (Fsp3) is 0.588. The summed E-state index contributed by atoms with van der Waals surface area (Å²) in [5.41, 5.74) is 1.07. The molecule has 3 rings (SSSR count). The van der Waals surface area contributed by atoms with E-state index >= 15 is 0 Å². The lowest BCUT2D eigenvalue weighted by atomic mass is 9.78. The van der Waals surface area contributed by atoms with Crippen molar-refractivity contribution in [1.82, 2.24) is 10.2 Å². The fourth-order valence-corrected chi connectivity index (χ4v) is 3.56. The highest BCUT2D eigenvalue weighted by molar-refractivity contribution is 6.30. The zero-order valence-corrected chi connectivity index (χ0v) is 13.7. The van der Waals surface area contributed by atoms with Crippen molar-refractivity contribution in [2.75, 3.05) is 19.6 Å². The van der Waals surface area contributed by atoms with Crippen molar-refractivity contribution < 1.29 is 9.53 Å². The third-order valence-electron chi connectivity index (χ3n) is 4.54. The maximum atomic E-state index is 12.4. The number of ether oxygens (including phenoxy) is 1. The van der Waals surface area contributed by atoms with E-state index in [1.54, 1.807) is 0 Å². The number of amides is 2. The molecule has 1 aromatic rings. The van der Waals surface area contributed by atoms with Crippen molar-refractivity contribution in [2.45, 2.75) is 44.3 Å². The molecule has 1 aliphatic carbocycles. The van der Waals surface area contributed by atoms with Crippen LogP contribution in [0.3, 0.4) is 0 Å². The minimum Gasteiger partial charge on any atom is -0.368 e. The molecule has 1 heterocycles. The predicted octanol–water partition coefficient (Wildman–Crippen LogP) is 3.24. The first kappa shape index (κ1) is 15.6. The van der Waals surface area contributed by atoms with Gasteiger partial charge in [-0.15, -0.1) is 0 Å². The van der Waals surface area contributed by atoms with E-state index in [-0.39, 0.29) is 17.7 Å². The van der Waals surface area contributed by atoms with Gasteiger partial charge in [-0.25, -0.2) is 4.79 Å². The van der Waals surface area contributed by atoms with Gasteiger partial charge in [-0.1, -0.05) is 23.7 Å². The summed E-state index contributed by atoms with van der Waals surface area (Å²) in [6, 6.07) is 7.77. The maximum Gasteiger partial charge on any atom is 0.317 e. The van der Waals surface area contributed by atoms with Gasteiger partial charge in [0, 0.05) is 18.1 Å². The molecular formula is C17H23ClN2O2. The Kier molecular flexibility index (Phi) is 4.59. The SMILES string of the molecule is CC1CN(C(=O)NCCc2cccc(Cl)c2)CC2(CCC2)O1. The molecule has 0 bridgehead atoms. The van der Waals surface area contributed by atoms with Gasteiger partial charge in [-0.3, -0.25) is 0 Å². The summed E-state index contributed by atoms with van der Waals surface area (Å²) in [6.45, 7) is 4.06. The van der Waals surface area contributed by atoms with Crippen LogP contribution >= 0.6 is 11.6 Å². The summed E-state index contributed by atoms with van der Waals surface area (Å²) in [4.78, 5) is 14.3. The van der Waals surface area contributed by atoms with Crippen LogP contribution in [0.1, 0.15) is 31.7 Å². The number of carbonyl (C=O) groups is 1. The van der Waals surface area contributed by atoms with Gasteiger partial charge in [0.05, 0.1) is 18.2 Å². The first-order chi connectivity index (χ1) is 10.6. The maximum absolute atomic E-state index is 12.4. The predicted molar refractivity (Wildman–Crippen MR) is 87.3 cm³/mol. The molecule has 1 atom stereocenters. The van der Waals surface area contributed by atoms with Crippen LogP contribution in [0.2, 0.25) is 5.02 Å². The number of nitrogens with one attached hydrogen (secondary N) is 1. The molecule has 2 amide bonds. The van der Waals surface area contributed by atoms with Crippen LogP contribution in [-0.4, -0.2) is 42.3 Å². The summed E-state index contributed by atoms with van der Waals surface area (Å²) >= 11 is 5.97. The molecule has 1 unspecified atom stereocenters. The van der Waals surface area contributed by atoms with Gasteiger partial charge in [0.25, 0.3) is 0 Å². The van der Waals surface area contributed by atoms with Crippen molar-refractivity contribution >= 4 is 17.6 Å². The minimum atomic E-state index is -0.0675. The summed E-state index contributed by atoms with van der Waals surface area (Å²) in [7, 11) is 0. The van der Waals surface area contributed by atoms with Crippen LogP contribution in [0.4, 0.5) is 4.79 Å².